The van der Waals surface area contributed by atoms with E-state index in [-0.39, 0.29) is 17.6 Å². The van der Waals surface area contributed by atoms with E-state index in [2.05, 4.69) is 0 Å². The molecule has 4 N–H and O–H groups in total. The number of aliphatic hydroxyl groups excluding tert-OH is 1. The number of rotatable bonds is 4. The Labute approximate surface area is 107 Å². The molecule has 0 heterocycles. The third-order valence-corrected chi connectivity index (χ3v) is 3.02. The van der Waals surface area contributed by atoms with E-state index < -0.39 is 12.0 Å². The number of aromatic hydroxyl groups is 1. The van der Waals surface area contributed by atoms with Crippen molar-refractivity contribution in [1.29, 1.82) is 0 Å². The first-order valence-corrected chi connectivity index (χ1v) is 6.09. The van der Waals surface area contributed by atoms with Gasteiger partial charge in [0.05, 0.1) is 0 Å². The summed E-state index contributed by atoms with van der Waals surface area (Å²) in [7, 11) is 0. The lowest BCUT2D eigenvalue weighted by Gasteiger charge is -2.18. The van der Waals surface area contributed by atoms with E-state index in [1.165, 1.54) is 0 Å². The van der Waals surface area contributed by atoms with Gasteiger partial charge in [-0.15, -0.1) is 0 Å². The lowest BCUT2D eigenvalue weighted by Crippen LogP contribution is -2.21. The standard InChI is InChI=1S/C14H21NO3/c1-7(2)10-5-9(12(16)14(15)18)6-11(8(3)4)13(10)17/h5-8,12,16-17H,1-4H3,(H2,15,18). The van der Waals surface area contributed by atoms with Crippen molar-refractivity contribution in [2.24, 2.45) is 5.73 Å². The van der Waals surface area contributed by atoms with Crippen molar-refractivity contribution in [3.05, 3.63) is 28.8 Å². The molecule has 1 aromatic carbocycles. The van der Waals surface area contributed by atoms with Gasteiger partial charge in [0.1, 0.15) is 5.75 Å². The van der Waals surface area contributed by atoms with Gasteiger partial charge in [-0.25, -0.2) is 0 Å². The zero-order valence-corrected chi connectivity index (χ0v) is 11.3. The van der Waals surface area contributed by atoms with Gasteiger partial charge in [0.2, 0.25) is 0 Å². The fourth-order valence-corrected chi connectivity index (χ4v) is 1.91. The zero-order valence-electron chi connectivity index (χ0n) is 11.3. The summed E-state index contributed by atoms with van der Waals surface area (Å²) in [5.74, 6) is -0.351. The van der Waals surface area contributed by atoms with Crippen LogP contribution < -0.4 is 5.73 Å². The zero-order chi connectivity index (χ0) is 14.0. The van der Waals surface area contributed by atoms with Crippen molar-refractivity contribution in [2.45, 2.75) is 45.6 Å². The Balaban J connectivity index is 3.42. The van der Waals surface area contributed by atoms with Crippen LogP contribution in [0.3, 0.4) is 0 Å². The highest BCUT2D eigenvalue weighted by atomic mass is 16.3. The molecule has 0 aromatic heterocycles. The van der Waals surface area contributed by atoms with E-state index in [1.807, 2.05) is 27.7 Å². The Kier molecular flexibility index (Phi) is 4.35. The van der Waals surface area contributed by atoms with Gasteiger partial charge in [0.25, 0.3) is 5.91 Å². The highest BCUT2D eigenvalue weighted by Crippen LogP contribution is 2.36. The minimum absolute atomic E-state index is 0.0996. The SMILES string of the molecule is CC(C)c1cc(C(O)C(N)=O)cc(C(C)C)c1O. The molecule has 4 heteroatoms. The number of phenols is 1. The van der Waals surface area contributed by atoms with Crippen molar-refractivity contribution in [3.8, 4) is 5.75 Å². The normalized spacial score (nSPS) is 13.1. The molecule has 0 bridgehead atoms. The second kappa shape index (κ2) is 5.40. The summed E-state index contributed by atoms with van der Waals surface area (Å²) in [5, 5.41) is 19.9. The number of carbonyl (C=O) groups excluding carboxylic acids is 1. The summed E-state index contributed by atoms with van der Waals surface area (Å²) >= 11 is 0. The number of nitrogens with two attached hydrogens (primary N) is 1. The van der Waals surface area contributed by atoms with Crippen molar-refractivity contribution < 1.29 is 15.0 Å². The quantitative estimate of drug-likeness (QED) is 0.766. The van der Waals surface area contributed by atoms with Gasteiger partial charge < -0.3 is 15.9 Å². The number of hydrogen-bond acceptors (Lipinski definition) is 3. The predicted molar refractivity (Wildman–Crippen MR) is 70.4 cm³/mol. The molecule has 18 heavy (non-hydrogen) atoms. The van der Waals surface area contributed by atoms with Gasteiger partial charge in [0.15, 0.2) is 6.10 Å². The summed E-state index contributed by atoms with van der Waals surface area (Å²) in [6, 6.07) is 3.28. The number of benzene rings is 1. The van der Waals surface area contributed by atoms with E-state index in [9.17, 15) is 15.0 Å². The Morgan fingerprint density at radius 1 is 1.11 bits per heavy atom. The molecule has 100 valence electrons. The van der Waals surface area contributed by atoms with Crippen LogP contribution in [0.5, 0.6) is 5.75 Å². The average Bonchev–Trinajstić information content (AvgIpc) is 2.27. The van der Waals surface area contributed by atoms with E-state index >= 15 is 0 Å². The monoisotopic (exact) mass is 251 g/mol. The first-order chi connectivity index (χ1) is 8.25. The van der Waals surface area contributed by atoms with Gasteiger partial charge in [-0.1, -0.05) is 27.7 Å². The molecule has 1 atom stereocenters. The molecule has 0 aliphatic carbocycles. The van der Waals surface area contributed by atoms with Crippen molar-refractivity contribution in [3.63, 3.8) is 0 Å². The van der Waals surface area contributed by atoms with Crippen LogP contribution in [0.1, 0.15) is 62.3 Å². The fourth-order valence-electron chi connectivity index (χ4n) is 1.91. The predicted octanol–water partition coefficient (Wildman–Crippen LogP) is 2.16. The number of hydrogen-bond donors (Lipinski definition) is 3. The second-order valence-corrected chi connectivity index (χ2v) is 5.16. The number of primary amides is 1. The summed E-state index contributed by atoms with van der Waals surface area (Å²) in [4.78, 5) is 11.1. The Morgan fingerprint density at radius 2 is 1.50 bits per heavy atom. The van der Waals surface area contributed by atoms with Gasteiger partial charge in [-0.2, -0.15) is 0 Å². The first-order valence-electron chi connectivity index (χ1n) is 6.09. The maximum absolute atomic E-state index is 11.1. The number of amides is 1. The molecule has 0 aliphatic heterocycles. The van der Waals surface area contributed by atoms with Gasteiger partial charge >= 0.3 is 0 Å². The van der Waals surface area contributed by atoms with Gasteiger partial charge in [-0.3, -0.25) is 4.79 Å². The maximum atomic E-state index is 11.1. The topological polar surface area (TPSA) is 83.5 Å². The number of aliphatic hydroxyl groups is 1. The molecular formula is C14H21NO3. The first kappa shape index (κ1) is 14.5. The summed E-state index contributed by atoms with van der Waals surface area (Å²) in [6.07, 6.45) is -1.33. The molecule has 0 spiro atoms. The van der Waals surface area contributed by atoms with E-state index in [0.717, 1.165) is 11.1 Å². The molecular weight excluding hydrogens is 230 g/mol. The van der Waals surface area contributed by atoms with Crippen molar-refractivity contribution >= 4 is 5.91 Å². The van der Waals surface area contributed by atoms with Crippen LogP contribution in [-0.4, -0.2) is 16.1 Å². The van der Waals surface area contributed by atoms with E-state index in [1.54, 1.807) is 12.1 Å². The highest BCUT2D eigenvalue weighted by Gasteiger charge is 2.20. The van der Waals surface area contributed by atoms with E-state index in [0.29, 0.717) is 5.56 Å². The Bertz CT molecular complexity index is 423. The molecule has 0 fully saturated rings. The highest BCUT2D eigenvalue weighted by molar-refractivity contribution is 5.80. The summed E-state index contributed by atoms with van der Waals surface area (Å²) in [6.45, 7) is 7.78. The number of carbonyl (C=O) groups is 1. The molecule has 0 radical (unpaired) electrons. The smallest absolute Gasteiger partial charge is 0.250 e. The third-order valence-electron chi connectivity index (χ3n) is 3.02. The second-order valence-electron chi connectivity index (χ2n) is 5.16. The molecule has 1 unspecified atom stereocenters. The minimum atomic E-state index is -1.33. The van der Waals surface area contributed by atoms with Crippen LogP contribution >= 0.6 is 0 Å². The van der Waals surface area contributed by atoms with Crippen LogP contribution in [0.2, 0.25) is 0 Å². The Hall–Kier alpha value is -1.55. The molecule has 4 nitrogen and oxygen atoms in total. The van der Waals surface area contributed by atoms with Gasteiger partial charge in [-0.05, 0) is 40.7 Å². The van der Waals surface area contributed by atoms with Crippen molar-refractivity contribution in [2.75, 3.05) is 0 Å². The summed E-state index contributed by atoms with van der Waals surface area (Å²) < 4.78 is 0. The molecule has 1 amide bonds. The molecule has 1 aromatic rings. The average molecular weight is 251 g/mol. The van der Waals surface area contributed by atoms with Crippen LogP contribution in [-0.2, 0) is 4.79 Å². The maximum Gasteiger partial charge on any atom is 0.250 e. The number of phenolic OH excluding ortho intramolecular Hbond substituents is 1. The molecule has 1 rings (SSSR count). The van der Waals surface area contributed by atoms with Gasteiger partial charge in [0, 0.05) is 0 Å². The lowest BCUT2D eigenvalue weighted by molar-refractivity contribution is -0.126. The lowest BCUT2D eigenvalue weighted by atomic mass is 9.90. The van der Waals surface area contributed by atoms with Crippen molar-refractivity contribution in [1.82, 2.24) is 0 Å². The van der Waals surface area contributed by atoms with E-state index in [4.69, 9.17) is 5.73 Å². The van der Waals surface area contributed by atoms with Crippen LogP contribution in [0.15, 0.2) is 12.1 Å². The minimum Gasteiger partial charge on any atom is -0.507 e. The Morgan fingerprint density at radius 3 is 1.78 bits per heavy atom. The summed E-state index contributed by atoms with van der Waals surface area (Å²) in [5.41, 5.74) is 6.98. The third kappa shape index (κ3) is 2.82. The van der Waals surface area contributed by atoms with Crippen LogP contribution in [0.4, 0.5) is 0 Å². The molecule has 0 saturated carbocycles. The fraction of sp³-hybridized carbons (Fsp3) is 0.500. The van der Waals surface area contributed by atoms with Crippen LogP contribution in [0.25, 0.3) is 0 Å². The molecule has 0 saturated heterocycles. The largest absolute Gasteiger partial charge is 0.507 e. The molecule has 0 aliphatic rings. The van der Waals surface area contributed by atoms with Crippen LogP contribution in [0, 0.1) is 0 Å².